The lowest BCUT2D eigenvalue weighted by Crippen LogP contribution is -2.34. The van der Waals surface area contributed by atoms with E-state index in [9.17, 15) is 17.6 Å². The van der Waals surface area contributed by atoms with Crippen LogP contribution in [0.4, 0.5) is 10.1 Å². The third-order valence-corrected chi connectivity index (χ3v) is 3.79. The van der Waals surface area contributed by atoms with E-state index >= 15 is 0 Å². The van der Waals surface area contributed by atoms with Gasteiger partial charge in [-0.1, -0.05) is 13.0 Å². The third kappa shape index (κ3) is 4.49. The second kappa shape index (κ2) is 6.48. The van der Waals surface area contributed by atoms with Crippen molar-refractivity contribution in [2.24, 2.45) is 0 Å². The monoisotopic (exact) mass is 289 g/mol. The van der Waals surface area contributed by atoms with Gasteiger partial charge in [0, 0.05) is 13.1 Å². The number of rotatable bonds is 6. The van der Waals surface area contributed by atoms with E-state index in [0.717, 1.165) is 6.07 Å². The fraction of sp³-hybridized carbons (Fsp3) is 0.364. The molecule has 0 fully saturated rings. The van der Waals surface area contributed by atoms with Gasteiger partial charge in [0.15, 0.2) is 0 Å². The van der Waals surface area contributed by atoms with E-state index < -0.39 is 21.7 Å². The highest BCUT2D eigenvalue weighted by Crippen LogP contribution is 2.15. The fourth-order valence-corrected chi connectivity index (χ4v) is 2.38. The summed E-state index contributed by atoms with van der Waals surface area (Å²) in [5, 5.41) is 2.38. The molecule has 4 N–H and O–H groups in total. The highest BCUT2D eigenvalue weighted by atomic mass is 32.2. The van der Waals surface area contributed by atoms with Gasteiger partial charge in [0.2, 0.25) is 10.0 Å². The summed E-state index contributed by atoms with van der Waals surface area (Å²) in [5.74, 6) is -1.54. The Hall–Kier alpha value is -1.67. The summed E-state index contributed by atoms with van der Waals surface area (Å²) < 4.78 is 38.1. The van der Waals surface area contributed by atoms with Gasteiger partial charge in [0.25, 0.3) is 5.91 Å². The molecule has 1 rings (SSSR count). The summed E-state index contributed by atoms with van der Waals surface area (Å²) in [4.78, 5) is 11.7. The van der Waals surface area contributed by atoms with E-state index in [2.05, 4.69) is 10.0 Å². The molecule has 1 aromatic carbocycles. The number of hydrogen-bond donors (Lipinski definition) is 3. The number of nitrogens with two attached hydrogens (primary N) is 1. The molecular weight excluding hydrogens is 273 g/mol. The molecule has 0 unspecified atom stereocenters. The van der Waals surface area contributed by atoms with Crippen molar-refractivity contribution in [3.63, 3.8) is 0 Å². The van der Waals surface area contributed by atoms with Crippen molar-refractivity contribution >= 4 is 21.6 Å². The summed E-state index contributed by atoms with van der Waals surface area (Å²) in [6.45, 7) is 1.86. The molecule has 0 saturated carbocycles. The van der Waals surface area contributed by atoms with E-state index in [1.54, 1.807) is 6.92 Å². The molecule has 106 valence electrons. The van der Waals surface area contributed by atoms with Crippen LogP contribution in [0.5, 0.6) is 0 Å². The minimum absolute atomic E-state index is 0.0131. The van der Waals surface area contributed by atoms with Gasteiger partial charge in [-0.2, -0.15) is 0 Å². The molecule has 0 aliphatic heterocycles. The van der Waals surface area contributed by atoms with E-state index in [1.807, 2.05) is 0 Å². The van der Waals surface area contributed by atoms with Crippen molar-refractivity contribution < 1.29 is 17.6 Å². The minimum atomic E-state index is -3.40. The van der Waals surface area contributed by atoms with Crippen LogP contribution in [-0.2, 0) is 10.0 Å². The second-order valence-electron chi connectivity index (χ2n) is 3.77. The number of nitrogens with one attached hydrogen (secondary N) is 2. The average molecular weight is 289 g/mol. The number of carbonyl (C=O) groups is 1. The quantitative estimate of drug-likeness (QED) is 0.645. The Kier molecular flexibility index (Phi) is 5.25. The maximum Gasteiger partial charge on any atom is 0.253 e. The maximum absolute atomic E-state index is 13.1. The highest BCUT2D eigenvalue weighted by molar-refractivity contribution is 7.89. The average Bonchev–Trinajstić information content (AvgIpc) is 2.32. The number of para-hydroxylation sites is 1. The minimum Gasteiger partial charge on any atom is -0.396 e. The Bertz CT molecular complexity index is 560. The predicted octanol–water partition coefficient (Wildman–Crippen LogP) is 0.0770. The van der Waals surface area contributed by atoms with Crippen LogP contribution in [0.25, 0.3) is 0 Å². The molecule has 0 aliphatic carbocycles. The number of sulfonamides is 1. The number of halogens is 1. The zero-order valence-electron chi connectivity index (χ0n) is 10.4. The molecule has 8 heteroatoms. The summed E-state index contributed by atoms with van der Waals surface area (Å²) in [6, 6.07) is 3.87. The van der Waals surface area contributed by atoms with E-state index in [1.165, 1.54) is 12.1 Å². The standard InChI is InChI=1S/C11H16FN3O3S/c1-2-15-19(17,18)7-6-14-11(16)8-4-3-5-9(12)10(8)13/h3-5,15H,2,6-7,13H2,1H3,(H,14,16). The fourth-order valence-electron chi connectivity index (χ4n) is 1.42. The highest BCUT2D eigenvalue weighted by Gasteiger charge is 2.14. The number of nitrogen functional groups attached to an aromatic ring is 1. The molecule has 1 aromatic rings. The molecule has 0 heterocycles. The van der Waals surface area contributed by atoms with Gasteiger partial charge >= 0.3 is 0 Å². The predicted molar refractivity (Wildman–Crippen MR) is 70.6 cm³/mol. The molecule has 0 saturated heterocycles. The summed E-state index contributed by atoms with van der Waals surface area (Å²) in [6.07, 6.45) is 0. The Morgan fingerprint density at radius 3 is 2.74 bits per heavy atom. The summed E-state index contributed by atoms with van der Waals surface area (Å²) in [5.41, 5.74) is 5.15. The second-order valence-corrected chi connectivity index (χ2v) is 5.70. The lowest BCUT2D eigenvalue weighted by atomic mass is 10.1. The number of carbonyl (C=O) groups excluding carboxylic acids is 1. The summed E-state index contributed by atoms with van der Waals surface area (Å²) in [7, 11) is -3.40. The molecule has 0 aliphatic rings. The van der Waals surface area contributed by atoms with Gasteiger partial charge in [-0.3, -0.25) is 4.79 Å². The van der Waals surface area contributed by atoms with Crippen molar-refractivity contribution in [1.82, 2.24) is 10.0 Å². The van der Waals surface area contributed by atoms with Gasteiger partial charge < -0.3 is 11.1 Å². The largest absolute Gasteiger partial charge is 0.396 e. The lowest BCUT2D eigenvalue weighted by Gasteiger charge is -2.08. The van der Waals surface area contributed by atoms with Crippen LogP contribution in [0, 0.1) is 5.82 Å². The zero-order valence-corrected chi connectivity index (χ0v) is 11.3. The van der Waals surface area contributed by atoms with Gasteiger partial charge in [-0.05, 0) is 12.1 Å². The molecule has 6 nitrogen and oxygen atoms in total. The first-order chi connectivity index (χ1) is 8.87. The van der Waals surface area contributed by atoms with Crippen molar-refractivity contribution in [2.45, 2.75) is 6.92 Å². The van der Waals surface area contributed by atoms with Crippen LogP contribution >= 0.6 is 0 Å². The van der Waals surface area contributed by atoms with E-state index in [-0.39, 0.29) is 30.1 Å². The molecule has 0 radical (unpaired) electrons. The van der Waals surface area contributed by atoms with Crippen molar-refractivity contribution in [3.05, 3.63) is 29.6 Å². The van der Waals surface area contributed by atoms with Gasteiger partial charge in [-0.15, -0.1) is 0 Å². The number of anilines is 1. The Balaban J connectivity index is 2.60. The maximum atomic E-state index is 13.1. The van der Waals surface area contributed by atoms with Crippen molar-refractivity contribution in [3.8, 4) is 0 Å². The third-order valence-electron chi connectivity index (χ3n) is 2.32. The lowest BCUT2D eigenvalue weighted by molar-refractivity contribution is 0.0956. The van der Waals surface area contributed by atoms with Crippen LogP contribution in [0.2, 0.25) is 0 Å². The van der Waals surface area contributed by atoms with Crippen LogP contribution in [0.3, 0.4) is 0 Å². The van der Waals surface area contributed by atoms with E-state index in [4.69, 9.17) is 5.73 Å². The van der Waals surface area contributed by atoms with Crippen LogP contribution in [-0.4, -0.2) is 33.2 Å². The Labute approximate surface area is 111 Å². The van der Waals surface area contributed by atoms with E-state index in [0.29, 0.717) is 0 Å². The normalized spacial score (nSPS) is 11.3. The number of amides is 1. The first-order valence-electron chi connectivity index (χ1n) is 5.67. The number of benzene rings is 1. The smallest absolute Gasteiger partial charge is 0.253 e. The first-order valence-corrected chi connectivity index (χ1v) is 7.32. The van der Waals surface area contributed by atoms with Crippen LogP contribution < -0.4 is 15.8 Å². The topological polar surface area (TPSA) is 101 Å². The van der Waals surface area contributed by atoms with Gasteiger partial charge in [0.05, 0.1) is 17.0 Å². The van der Waals surface area contributed by atoms with Crippen molar-refractivity contribution in [1.29, 1.82) is 0 Å². The first kappa shape index (κ1) is 15.4. The molecule has 0 spiro atoms. The van der Waals surface area contributed by atoms with Crippen LogP contribution in [0.1, 0.15) is 17.3 Å². The van der Waals surface area contributed by atoms with Crippen molar-refractivity contribution in [2.75, 3.05) is 24.6 Å². The SMILES string of the molecule is CCNS(=O)(=O)CCNC(=O)c1cccc(F)c1N. The Morgan fingerprint density at radius 1 is 1.42 bits per heavy atom. The van der Waals surface area contributed by atoms with Gasteiger partial charge in [-0.25, -0.2) is 17.5 Å². The molecule has 0 atom stereocenters. The van der Waals surface area contributed by atoms with Gasteiger partial charge in [0.1, 0.15) is 5.82 Å². The molecule has 0 aromatic heterocycles. The summed E-state index contributed by atoms with van der Waals surface area (Å²) >= 11 is 0. The molecule has 19 heavy (non-hydrogen) atoms. The molecular formula is C11H16FN3O3S. The molecule has 1 amide bonds. The van der Waals surface area contributed by atoms with Crippen LogP contribution in [0.15, 0.2) is 18.2 Å². The number of hydrogen-bond acceptors (Lipinski definition) is 4. The zero-order chi connectivity index (χ0) is 14.5. The Morgan fingerprint density at radius 2 is 2.11 bits per heavy atom. The molecule has 0 bridgehead atoms.